The zero-order valence-corrected chi connectivity index (χ0v) is 19.8. The maximum absolute atomic E-state index is 13.3. The maximum atomic E-state index is 13.3. The molecule has 1 aliphatic carbocycles. The third-order valence-corrected chi connectivity index (χ3v) is 5.36. The number of carbonyl (C=O) groups is 2. The van der Waals surface area contributed by atoms with E-state index in [9.17, 15) is 18.4 Å². The van der Waals surface area contributed by atoms with E-state index in [0.29, 0.717) is 22.8 Å². The molecule has 1 aromatic carbocycles. The first kappa shape index (κ1) is 24.9. The Labute approximate surface area is 205 Å². The maximum Gasteiger partial charge on any atom is 0.278 e. The van der Waals surface area contributed by atoms with E-state index in [2.05, 4.69) is 31.1 Å². The molecular weight excluding hydrogens is 474 g/mol. The molecule has 0 radical (unpaired) electrons. The first-order valence-electron chi connectivity index (χ1n) is 11.1. The second-order valence-electron chi connectivity index (χ2n) is 8.08. The van der Waals surface area contributed by atoms with Crippen molar-refractivity contribution in [2.45, 2.75) is 26.2 Å². The van der Waals surface area contributed by atoms with Gasteiger partial charge in [-0.1, -0.05) is 6.07 Å². The van der Waals surface area contributed by atoms with Gasteiger partial charge in [-0.25, -0.2) is 29.2 Å². The molecule has 3 aromatic rings. The summed E-state index contributed by atoms with van der Waals surface area (Å²) in [6.07, 6.45) is 4.05. The van der Waals surface area contributed by atoms with E-state index < -0.39 is 30.1 Å². The number of amides is 2. The van der Waals surface area contributed by atoms with Crippen LogP contribution in [0.2, 0.25) is 0 Å². The third-order valence-electron chi connectivity index (χ3n) is 5.36. The monoisotopic (exact) mass is 498 g/mol. The van der Waals surface area contributed by atoms with Gasteiger partial charge in [0.2, 0.25) is 5.91 Å². The highest BCUT2D eigenvalue weighted by Crippen LogP contribution is 2.49. The van der Waals surface area contributed by atoms with E-state index in [1.807, 2.05) is 6.92 Å². The normalized spacial score (nSPS) is 15.6. The molecule has 2 aromatic heterocycles. The second-order valence-corrected chi connectivity index (χ2v) is 8.08. The number of aromatic nitrogens is 3. The Morgan fingerprint density at radius 1 is 1.14 bits per heavy atom. The summed E-state index contributed by atoms with van der Waals surface area (Å²) in [4.78, 5) is 42.6. The van der Waals surface area contributed by atoms with Crippen molar-refractivity contribution in [1.82, 2.24) is 20.4 Å². The zero-order chi connectivity index (χ0) is 25.9. The van der Waals surface area contributed by atoms with Crippen LogP contribution < -0.4 is 20.9 Å². The number of para-hydroxylation sites is 1. The SMILES string of the molecule is CCONC(=O)c1cnc(NC(=O)C2CC2(F)F)cc1Nc1cccc(-c2ncc(C)cn2)c1OC. The van der Waals surface area contributed by atoms with Crippen LogP contribution in [0.25, 0.3) is 11.4 Å². The molecule has 0 spiro atoms. The van der Waals surface area contributed by atoms with Gasteiger partial charge in [-0.3, -0.25) is 14.4 Å². The van der Waals surface area contributed by atoms with Crippen LogP contribution in [0.5, 0.6) is 5.75 Å². The van der Waals surface area contributed by atoms with Gasteiger partial charge in [-0.05, 0) is 31.5 Å². The van der Waals surface area contributed by atoms with Crippen LogP contribution in [0.3, 0.4) is 0 Å². The minimum atomic E-state index is -3.02. The number of nitrogens with zero attached hydrogens (tertiary/aromatic N) is 3. The van der Waals surface area contributed by atoms with Gasteiger partial charge in [0.25, 0.3) is 11.8 Å². The van der Waals surface area contributed by atoms with Crippen LogP contribution in [-0.2, 0) is 9.63 Å². The van der Waals surface area contributed by atoms with E-state index in [0.717, 1.165) is 5.56 Å². The van der Waals surface area contributed by atoms with E-state index in [1.54, 1.807) is 37.5 Å². The zero-order valence-electron chi connectivity index (χ0n) is 19.8. The number of nitrogens with one attached hydrogen (secondary N) is 3. The lowest BCUT2D eigenvalue weighted by Gasteiger charge is -2.17. The standard InChI is InChI=1S/C24H24F2N6O4/c1-4-36-32-22(33)15-12-27-19(31-23(34)16-9-24(16,25)26)8-18(15)30-17-7-5-6-14(20(17)35-3)21-28-10-13(2)11-29-21/h5-8,10-12,16H,4,9H2,1-3H3,(H,32,33)(H2,27,30,31,34). The number of pyridine rings is 1. The lowest BCUT2D eigenvalue weighted by Crippen LogP contribution is -2.25. The number of halogens is 2. The van der Waals surface area contributed by atoms with E-state index in [4.69, 9.17) is 9.57 Å². The Bertz CT molecular complexity index is 1290. The Kier molecular flexibility index (Phi) is 7.06. The molecule has 0 bridgehead atoms. The highest BCUT2D eigenvalue weighted by molar-refractivity contribution is 6.01. The molecule has 3 N–H and O–H groups in total. The molecule has 1 saturated carbocycles. The Hall–Kier alpha value is -4.19. The number of benzene rings is 1. The fourth-order valence-electron chi connectivity index (χ4n) is 3.42. The summed E-state index contributed by atoms with van der Waals surface area (Å²) in [7, 11) is 1.48. The fourth-order valence-corrected chi connectivity index (χ4v) is 3.42. The Morgan fingerprint density at radius 2 is 1.86 bits per heavy atom. The molecule has 1 unspecified atom stereocenters. The molecule has 2 amide bonds. The molecule has 12 heteroatoms. The third kappa shape index (κ3) is 5.38. The van der Waals surface area contributed by atoms with Crippen molar-refractivity contribution in [2.75, 3.05) is 24.4 Å². The number of anilines is 3. The smallest absolute Gasteiger partial charge is 0.278 e. The van der Waals surface area contributed by atoms with Crippen LogP contribution in [0, 0.1) is 12.8 Å². The van der Waals surface area contributed by atoms with Crippen molar-refractivity contribution in [3.63, 3.8) is 0 Å². The number of ether oxygens (including phenoxy) is 1. The number of hydrogen-bond acceptors (Lipinski definition) is 8. The van der Waals surface area contributed by atoms with Crippen molar-refractivity contribution in [1.29, 1.82) is 0 Å². The summed E-state index contributed by atoms with van der Waals surface area (Å²) in [5.41, 5.74) is 4.55. The number of alkyl halides is 2. The minimum Gasteiger partial charge on any atom is -0.494 e. The summed E-state index contributed by atoms with van der Waals surface area (Å²) >= 11 is 0. The van der Waals surface area contributed by atoms with Gasteiger partial charge in [0, 0.05) is 31.1 Å². The van der Waals surface area contributed by atoms with E-state index in [1.165, 1.54) is 19.4 Å². The number of aryl methyl sites for hydroxylation is 1. The quantitative estimate of drug-likeness (QED) is 0.380. The molecule has 188 valence electrons. The number of hydrogen-bond donors (Lipinski definition) is 3. The fraction of sp³-hybridized carbons (Fsp3) is 0.292. The van der Waals surface area contributed by atoms with Crippen LogP contribution in [-0.4, -0.2) is 46.4 Å². The lowest BCUT2D eigenvalue weighted by molar-refractivity contribution is -0.119. The summed E-state index contributed by atoms with van der Waals surface area (Å²) in [5, 5.41) is 5.49. The summed E-state index contributed by atoms with van der Waals surface area (Å²) in [6.45, 7) is 3.81. The first-order chi connectivity index (χ1) is 17.2. The summed E-state index contributed by atoms with van der Waals surface area (Å²) in [5.74, 6) is -5.04. The van der Waals surface area contributed by atoms with Crippen LogP contribution in [0.15, 0.2) is 42.9 Å². The van der Waals surface area contributed by atoms with Crippen molar-refractivity contribution in [3.05, 3.63) is 54.0 Å². The second kappa shape index (κ2) is 10.2. The van der Waals surface area contributed by atoms with Gasteiger partial charge in [0.15, 0.2) is 11.6 Å². The molecule has 0 aliphatic heterocycles. The number of methoxy groups -OCH3 is 1. The van der Waals surface area contributed by atoms with Crippen molar-refractivity contribution < 1.29 is 27.9 Å². The molecule has 36 heavy (non-hydrogen) atoms. The largest absolute Gasteiger partial charge is 0.494 e. The van der Waals surface area contributed by atoms with Crippen molar-refractivity contribution in [3.8, 4) is 17.1 Å². The lowest BCUT2D eigenvalue weighted by atomic mass is 10.1. The van der Waals surface area contributed by atoms with Gasteiger partial charge < -0.3 is 15.4 Å². The molecule has 4 rings (SSSR count). The number of carbonyl (C=O) groups excluding carboxylic acids is 2. The summed E-state index contributed by atoms with van der Waals surface area (Å²) < 4.78 is 32.2. The first-order valence-corrected chi connectivity index (χ1v) is 11.1. The van der Waals surface area contributed by atoms with Gasteiger partial charge in [0.1, 0.15) is 11.7 Å². The molecule has 1 aliphatic rings. The van der Waals surface area contributed by atoms with Crippen molar-refractivity contribution in [2.24, 2.45) is 5.92 Å². The molecular formula is C24H24F2N6O4. The van der Waals surface area contributed by atoms with Gasteiger partial charge in [-0.15, -0.1) is 0 Å². The van der Waals surface area contributed by atoms with Gasteiger partial charge in [-0.2, -0.15) is 0 Å². The molecule has 1 fully saturated rings. The molecule has 10 nitrogen and oxygen atoms in total. The minimum absolute atomic E-state index is 0.00449. The highest BCUT2D eigenvalue weighted by Gasteiger charge is 2.61. The average Bonchev–Trinajstić information content (AvgIpc) is 3.51. The Morgan fingerprint density at radius 3 is 2.50 bits per heavy atom. The number of rotatable bonds is 9. The average molecular weight is 498 g/mol. The molecule has 1 atom stereocenters. The van der Waals surface area contributed by atoms with Crippen LogP contribution in [0.1, 0.15) is 29.3 Å². The summed E-state index contributed by atoms with van der Waals surface area (Å²) in [6, 6.07) is 6.62. The van der Waals surface area contributed by atoms with Crippen molar-refractivity contribution >= 4 is 29.0 Å². The van der Waals surface area contributed by atoms with Crippen LogP contribution >= 0.6 is 0 Å². The highest BCUT2D eigenvalue weighted by atomic mass is 19.3. The van der Waals surface area contributed by atoms with Gasteiger partial charge in [0.05, 0.1) is 36.2 Å². The molecule has 0 saturated heterocycles. The van der Waals surface area contributed by atoms with Crippen LogP contribution in [0.4, 0.5) is 26.0 Å². The Balaban J connectivity index is 1.69. The number of hydroxylamine groups is 1. The molecule has 2 heterocycles. The predicted molar refractivity (Wildman–Crippen MR) is 127 cm³/mol. The van der Waals surface area contributed by atoms with E-state index in [-0.39, 0.29) is 23.7 Å². The van der Waals surface area contributed by atoms with E-state index >= 15 is 0 Å². The predicted octanol–water partition coefficient (Wildman–Crippen LogP) is 3.87. The topological polar surface area (TPSA) is 127 Å². The van der Waals surface area contributed by atoms with Gasteiger partial charge >= 0.3 is 0 Å².